The highest BCUT2D eigenvalue weighted by Gasteiger charge is 2.09. The topological polar surface area (TPSA) is 61.3 Å². The van der Waals surface area contributed by atoms with Gasteiger partial charge in [-0.25, -0.2) is 4.98 Å². The molecule has 4 nitrogen and oxygen atoms in total. The molecule has 4 heteroatoms. The van der Waals surface area contributed by atoms with Crippen LogP contribution in [0, 0.1) is 0 Å². The van der Waals surface area contributed by atoms with Crippen molar-refractivity contribution in [3.8, 4) is 17.2 Å². The minimum Gasteiger partial charge on any atom is -0.481 e. The Balaban J connectivity index is 2.17. The SMILES string of the molecule is COc1cc2cc(-c3ccccc3N)oc2cn1. The molecule has 0 aliphatic carbocycles. The number of anilines is 1. The number of pyridine rings is 1. The lowest BCUT2D eigenvalue weighted by Crippen LogP contribution is -1.87. The molecule has 0 unspecified atom stereocenters. The van der Waals surface area contributed by atoms with Crippen LogP contribution in [0.25, 0.3) is 22.3 Å². The number of fused-ring (bicyclic) bond motifs is 1. The molecule has 2 aromatic heterocycles. The summed E-state index contributed by atoms with van der Waals surface area (Å²) in [5.74, 6) is 1.30. The fourth-order valence-corrected chi connectivity index (χ4v) is 1.89. The molecule has 0 saturated heterocycles. The Morgan fingerprint density at radius 3 is 2.83 bits per heavy atom. The maximum absolute atomic E-state index is 5.93. The molecule has 1 aromatic carbocycles. The lowest BCUT2D eigenvalue weighted by Gasteiger charge is -1.99. The predicted molar refractivity (Wildman–Crippen MR) is 70.4 cm³/mol. The Bertz CT molecular complexity index is 704. The van der Waals surface area contributed by atoms with Gasteiger partial charge in [-0.2, -0.15) is 0 Å². The summed E-state index contributed by atoms with van der Waals surface area (Å²) in [5, 5.41) is 0.945. The third-order valence-electron chi connectivity index (χ3n) is 2.81. The van der Waals surface area contributed by atoms with E-state index in [1.807, 2.05) is 36.4 Å². The largest absolute Gasteiger partial charge is 0.481 e. The summed E-state index contributed by atoms with van der Waals surface area (Å²) in [5.41, 5.74) is 8.22. The first kappa shape index (κ1) is 10.7. The zero-order valence-electron chi connectivity index (χ0n) is 9.88. The molecule has 0 saturated carbocycles. The van der Waals surface area contributed by atoms with Gasteiger partial charge in [0.15, 0.2) is 5.58 Å². The van der Waals surface area contributed by atoms with E-state index in [0.29, 0.717) is 17.2 Å². The van der Waals surface area contributed by atoms with E-state index in [-0.39, 0.29) is 0 Å². The lowest BCUT2D eigenvalue weighted by atomic mass is 10.1. The average molecular weight is 240 g/mol. The fourth-order valence-electron chi connectivity index (χ4n) is 1.89. The van der Waals surface area contributed by atoms with E-state index in [1.165, 1.54) is 0 Å². The van der Waals surface area contributed by atoms with Gasteiger partial charge >= 0.3 is 0 Å². The van der Waals surface area contributed by atoms with Crippen molar-refractivity contribution in [1.82, 2.24) is 4.98 Å². The van der Waals surface area contributed by atoms with Crippen molar-refractivity contribution in [1.29, 1.82) is 0 Å². The van der Waals surface area contributed by atoms with Crippen molar-refractivity contribution >= 4 is 16.7 Å². The normalized spacial score (nSPS) is 10.7. The first-order valence-electron chi connectivity index (χ1n) is 5.56. The highest BCUT2D eigenvalue weighted by Crippen LogP contribution is 2.31. The second-order valence-corrected chi connectivity index (χ2v) is 3.96. The van der Waals surface area contributed by atoms with E-state index >= 15 is 0 Å². The number of hydrogen-bond acceptors (Lipinski definition) is 4. The van der Waals surface area contributed by atoms with E-state index in [0.717, 1.165) is 16.7 Å². The molecule has 2 N–H and O–H groups in total. The number of furan rings is 1. The fraction of sp³-hybridized carbons (Fsp3) is 0.0714. The molecule has 0 fully saturated rings. The summed E-state index contributed by atoms with van der Waals surface area (Å²) in [6.45, 7) is 0. The van der Waals surface area contributed by atoms with Gasteiger partial charge in [0.05, 0.1) is 13.3 Å². The predicted octanol–water partition coefficient (Wildman–Crippen LogP) is 3.09. The second kappa shape index (κ2) is 4.07. The van der Waals surface area contributed by atoms with E-state index in [4.69, 9.17) is 14.9 Å². The zero-order valence-corrected chi connectivity index (χ0v) is 9.88. The van der Waals surface area contributed by atoms with Gasteiger partial charge in [0.25, 0.3) is 0 Å². The van der Waals surface area contributed by atoms with Crippen LogP contribution < -0.4 is 10.5 Å². The van der Waals surface area contributed by atoms with Crippen LogP contribution in [0.5, 0.6) is 5.88 Å². The van der Waals surface area contributed by atoms with E-state index in [9.17, 15) is 0 Å². The van der Waals surface area contributed by atoms with Crippen LogP contribution in [-0.4, -0.2) is 12.1 Å². The van der Waals surface area contributed by atoms with Crippen molar-refractivity contribution < 1.29 is 9.15 Å². The Morgan fingerprint density at radius 1 is 1.22 bits per heavy atom. The minimum atomic E-state index is 0.566. The molecule has 3 aromatic rings. The molecule has 0 spiro atoms. The summed E-state index contributed by atoms with van der Waals surface area (Å²) >= 11 is 0. The van der Waals surface area contributed by atoms with Crippen molar-refractivity contribution in [2.45, 2.75) is 0 Å². The highest BCUT2D eigenvalue weighted by atomic mass is 16.5. The number of hydrogen-bond donors (Lipinski definition) is 1. The molecule has 0 radical (unpaired) electrons. The first-order chi connectivity index (χ1) is 8.78. The van der Waals surface area contributed by atoms with Gasteiger partial charge in [-0.1, -0.05) is 12.1 Å². The van der Waals surface area contributed by atoms with Crippen LogP contribution in [0.2, 0.25) is 0 Å². The molecule has 0 atom stereocenters. The number of methoxy groups -OCH3 is 1. The third-order valence-corrected chi connectivity index (χ3v) is 2.81. The number of nitrogen functional groups attached to an aromatic ring is 1. The van der Waals surface area contributed by atoms with Crippen molar-refractivity contribution in [3.63, 3.8) is 0 Å². The molecule has 0 bridgehead atoms. The number of nitrogens with two attached hydrogens (primary N) is 1. The number of para-hydroxylation sites is 1. The first-order valence-corrected chi connectivity index (χ1v) is 5.56. The quantitative estimate of drug-likeness (QED) is 0.699. The van der Waals surface area contributed by atoms with Crippen LogP contribution in [0.15, 0.2) is 47.0 Å². The molecule has 90 valence electrons. The van der Waals surface area contributed by atoms with Gasteiger partial charge in [-0.3, -0.25) is 0 Å². The van der Waals surface area contributed by atoms with Gasteiger partial charge in [0.1, 0.15) is 5.76 Å². The molecule has 0 aliphatic heterocycles. The summed E-state index contributed by atoms with van der Waals surface area (Å²) in [4.78, 5) is 4.11. The number of ether oxygens (including phenoxy) is 1. The molecule has 0 amide bonds. The number of benzene rings is 1. The zero-order chi connectivity index (χ0) is 12.5. The Kier molecular flexibility index (Phi) is 2.41. The van der Waals surface area contributed by atoms with Gasteiger partial charge < -0.3 is 14.9 Å². The number of aromatic nitrogens is 1. The summed E-state index contributed by atoms with van der Waals surface area (Å²) in [6, 6.07) is 11.4. The van der Waals surface area contributed by atoms with Crippen LogP contribution >= 0.6 is 0 Å². The smallest absolute Gasteiger partial charge is 0.213 e. The van der Waals surface area contributed by atoms with Crippen LogP contribution in [-0.2, 0) is 0 Å². The van der Waals surface area contributed by atoms with E-state index in [2.05, 4.69) is 4.98 Å². The summed E-state index contributed by atoms with van der Waals surface area (Å²) in [6.07, 6.45) is 1.65. The molecule has 0 aliphatic rings. The molecular formula is C14H12N2O2. The minimum absolute atomic E-state index is 0.566. The summed E-state index contributed by atoms with van der Waals surface area (Å²) in [7, 11) is 1.59. The monoisotopic (exact) mass is 240 g/mol. The van der Waals surface area contributed by atoms with Gasteiger partial charge in [0.2, 0.25) is 5.88 Å². The van der Waals surface area contributed by atoms with Crippen molar-refractivity contribution in [3.05, 3.63) is 42.6 Å². The lowest BCUT2D eigenvalue weighted by molar-refractivity contribution is 0.398. The van der Waals surface area contributed by atoms with Crippen molar-refractivity contribution in [2.75, 3.05) is 12.8 Å². The second-order valence-electron chi connectivity index (χ2n) is 3.96. The molecular weight excluding hydrogens is 228 g/mol. The Labute approximate surface area is 104 Å². The standard InChI is InChI=1S/C14H12N2O2/c1-17-14-7-9-6-12(18-13(9)8-16-14)10-4-2-3-5-11(10)15/h2-8H,15H2,1H3. The van der Waals surface area contributed by atoms with E-state index < -0.39 is 0 Å². The van der Waals surface area contributed by atoms with Crippen molar-refractivity contribution in [2.24, 2.45) is 0 Å². The van der Waals surface area contributed by atoms with Crippen LogP contribution in [0.4, 0.5) is 5.69 Å². The highest BCUT2D eigenvalue weighted by molar-refractivity contribution is 5.85. The maximum Gasteiger partial charge on any atom is 0.213 e. The van der Waals surface area contributed by atoms with E-state index in [1.54, 1.807) is 13.3 Å². The van der Waals surface area contributed by atoms with Gasteiger partial charge in [-0.05, 0) is 18.2 Å². The summed E-state index contributed by atoms with van der Waals surface area (Å²) < 4.78 is 10.8. The van der Waals surface area contributed by atoms with Crippen LogP contribution in [0.3, 0.4) is 0 Å². The number of nitrogens with zero attached hydrogens (tertiary/aromatic N) is 1. The van der Waals surface area contributed by atoms with Crippen LogP contribution in [0.1, 0.15) is 0 Å². The molecule has 18 heavy (non-hydrogen) atoms. The molecule has 3 rings (SSSR count). The third kappa shape index (κ3) is 1.68. The maximum atomic E-state index is 5.93. The number of rotatable bonds is 2. The average Bonchev–Trinajstić information content (AvgIpc) is 2.81. The van der Waals surface area contributed by atoms with Gasteiger partial charge in [0, 0.05) is 22.7 Å². The Hall–Kier alpha value is -2.49. The van der Waals surface area contributed by atoms with Gasteiger partial charge in [-0.15, -0.1) is 0 Å². The Morgan fingerprint density at radius 2 is 2.06 bits per heavy atom. The molecule has 2 heterocycles.